The van der Waals surface area contributed by atoms with Crippen LogP contribution in [0.15, 0.2) is 10.7 Å². The minimum absolute atomic E-state index is 0.225. The third-order valence-electron chi connectivity index (χ3n) is 0.842. The first-order valence-electron chi connectivity index (χ1n) is 2.38. The standard InChI is InChI=1S/C5H3NO4/c7-1-4-6-3(2-10-4)5(8)9/h1-2H,(H,8,9). The van der Waals surface area contributed by atoms with Crippen molar-refractivity contribution in [2.75, 3.05) is 0 Å². The van der Waals surface area contributed by atoms with Gasteiger partial charge in [-0.1, -0.05) is 0 Å². The Hall–Kier alpha value is -1.65. The molecule has 5 heteroatoms. The molecule has 0 aliphatic heterocycles. The van der Waals surface area contributed by atoms with Crippen LogP contribution in [0.4, 0.5) is 0 Å². The van der Waals surface area contributed by atoms with E-state index in [2.05, 4.69) is 9.40 Å². The zero-order valence-electron chi connectivity index (χ0n) is 4.77. The summed E-state index contributed by atoms with van der Waals surface area (Å²) in [6.45, 7) is 0. The monoisotopic (exact) mass is 141 g/mol. The van der Waals surface area contributed by atoms with Gasteiger partial charge in [0.2, 0.25) is 6.29 Å². The summed E-state index contributed by atoms with van der Waals surface area (Å²) in [6, 6.07) is 0. The molecule has 0 radical (unpaired) electrons. The highest BCUT2D eigenvalue weighted by molar-refractivity contribution is 5.85. The molecule has 0 aliphatic rings. The molecule has 0 aromatic carbocycles. The van der Waals surface area contributed by atoms with Crippen LogP contribution in [0, 0.1) is 0 Å². The van der Waals surface area contributed by atoms with Crippen molar-refractivity contribution in [3.8, 4) is 0 Å². The molecule has 0 bridgehead atoms. The van der Waals surface area contributed by atoms with Gasteiger partial charge in [-0.15, -0.1) is 0 Å². The average molecular weight is 141 g/mol. The number of carbonyl (C=O) groups is 2. The number of carboxylic acids is 1. The summed E-state index contributed by atoms with van der Waals surface area (Å²) in [7, 11) is 0. The van der Waals surface area contributed by atoms with Crippen LogP contribution in [0.1, 0.15) is 21.2 Å². The van der Waals surface area contributed by atoms with E-state index in [-0.39, 0.29) is 11.6 Å². The van der Waals surface area contributed by atoms with Gasteiger partial charge in [-0.05, 0) is 0 Å². The average Bonchev–Trinajstić information content (AvgIpc) is 2.34. The summed E-state index contributed by atoms with van der Waals surface area (Å²) in [5.74, 6) is -1.44. The van der Waals surface area contributed by atoms with E-state index in [0.717, 1.165) is 6.26 Å². The maximum absolute atomic E-state index is 10.1. The van der Waals surface area contributed by atoms with E-state index >= 15 is 0 Å². The van der Waals surface area contributed by atoms with E-state index in [1.54, 1.807) is 0 Å². The zero-order chi connectivity index (χ0) is 7.56. The number of aldehydes is 1. The van der Waals surface area contributed by atoms with Crippen LogP contribution in [0.3, 0.4) is 0 Å². The first kappa shape index (κ1) is 6.47. The van der Waals surface area contributed by atoms with E-state index in [1.165, 1.54) is 0 Å². The second kappa shape index (κ2) is 2.30. The SMILES string of the molecule is O=Cc1nc(C(=O)O)co1. The summed E-state index contributed by atoms with van der Waals surface area (Å²) in [4.78, 5) is 23.3. The molecule has 1 rings (SSSR count). The molecule has 1 heterocycles. The molecule has 0 fully saturated rings. The number of hydrogen-bond acceptors (Lipinski definition) is 4. The van der Waals surface area contributed by atoms with Crippen LogP contribution in [-0.2, 0) is 0 Å². The molecule has 0 unspecified atom stereocenters. The summed E-state index contributed by atoms with van der Waals surface area (Å²) < 4.78 is 4.42. The number of hydrogen-bond donors (Lipinski definition) is 1. The molecule has 1 aromatic rings. The number of aromatic carboxylic acids is 1. The normalized spacial score (nSPS) is 9.20. The lowest BCUT2D eigenvalue weighted by Gasteiger charge is -1.76. The Morgan fingerprint density at radius 1 is 1.80 bits per heavy atom. The highest BCUT2D eigenvalue weighted by atomic mass is 16.4. The minimum atomic E-state index is -1.21. The highest BCUT2D eigenvalue weighted by Gasteiger charge is 2.08. The van der Waals surface area contributed by atoms with Gasteiger partial charge < -0.3 is 9.52 Å². The fraction of sp³-hybridized carbons (Fsp3) is 0. The van der Waals surface area contributed by atoms with Crippen molar-refractivity contribution in [2.24, 2.45) is 0 Å². The molecule has 10 heavy (non-hydrogen) atoms. The Kier molecular flexibility index (Phi) is 1.49. The third kappa shape index (κ3) is 1.02. The van der Waals surface area contributed by atoms with Gasteiger partial charge in [0.05, 0.1) is 0 Å². The van der Waals surface area contributed by atoms with Gasteiger partial charge in [-0.25, -0.2) is 4.79 Å². The van der Waals surface area contributed by atoms with Crippen LogP contribution in [-0.4, -0.2) is 22.3 Å². The van der Waals surface area contributed by atoms with Crippen LogP contribution < -0.4 is 0 Å². The fourth-order valence-electron chi connectivity index (χ4n) is 0.440. The molecule has 1 N–H and O–H groups in total. The lowest BCUT2D eigenvalue weighted by Crippen LogP contribution is -1.95. The van der Waals surface area contributed by atoms with Crippen molar-refractivity contribution in [2.45, 2.75) is 0 Å². The zero-order valence-corrected chi connectivity index (χ0v) is 4.77. The van der Waals surface area contributed by atoms with Crippen LogP contribution >= 0.6 is 0 Å². The number of carbonyl (C=O) groups excluding carboxylic acids is 1. The minimum Gasteiger partial charge on any atom is -0.476 e. The van der Waals surface area contributed by atoms with Gasteiger partial charge in [0.1, 0.15) is 6.26 Å². The van der Waals surface area contributed by atoms with E-state index < -0.39 is 5.97 Å². The number of carboxylic acid groups (broad SMARTS) is 1. The van der Waals surface area contributed by atoms with Crippen molar-refractivity contribution < 1.29 is 19.1 Å². The fourth-order valence-corrected chi connectivity index (χ4v) is 0.440. The van der Waals surface area contributed by atoms with Crippen LogP contribution in [0.5, 0.6) is 0 Å². The Morgan fingerprint density at radius 3 is 2.80 bits per heavy atom. The first-order chi connectivity index (χ1) is 4.74. The molecule has 1 aromatic heterocycles. The lowest BCUT2D eigenvalue weighted by molar-refractivity contribution is 0.0690. The van der Waals surface area contributed by atoms with Gasteiger partial charge >= 0.3 is 5.97 Å². The second-order valence-corrected chi connectivity index (χ2v) is 1.49. The molecule has 5 nitrogen and oxygen atoms in total. The van der Waals surface area contributed by atoms with Crippen molar-refractivity contribution >= 4 is 12.3 Å². The summed E-state index contributed by atoms with van der Waals surface area (Å²) in [6.07, 6.45) is 1.25. The topological polar surface area (TPSA) is 80.4 Å². The molecule has 0 spiro atoms. The quantitative estimate of drug-likeness (QED) is 0.594. The Labute approximate surface area is 55.3 Å². The predicted octanol–water partition coefficient (Wildman–Crippen LogP) is 0.185. The molecule has 0 aliphatic carbocycles. The Morgan fingerprint density at radius 2 is 2.50 bits per heavy atom. The summed E-state index contributed by atoms with van der Waals surface area (Å²) in [5.41, 5.74) is -0.262. The molecule has 0 amide bonds. The highest BCUT2D eigenvalue weighted by Crippen LogP contribution is 1.97. The second-order valence-electron chi connectivity index (χ2n) is 1.49. The smallest absolute Gasteiger partial charge is 0.357 e. The number of aromatic nitrogens is 1. The van der Waals surface area contributed by atoms with Gasteiger partial charge in [-0.3, -0.25) is 4.79 Å². The molecular formula is C5H3NO4. The Balaban J connectivity index is 2.98. The first-order valence-corrected chi connectivity index (χ1v) is 2.38. The van der Waals surface area contributed by atoms with E-state index in [0.29, 0.717) is 6.29 Å². The maximum Gasteiger partial charge on any atom is 0.357 e. The van der Waals surface area contributed by atoms with Crippen LogP contribution in [0.2, 0.25) is 0 Å². The number of oxazole rings is 1. The van der Waals surface area contributed by atoms with Crippen molar-refractivity contribution in [1.29, 1.82) is 0 Å². The van der Waals surface area contributed by atoms with Crippen molar-refractivity contribution in [1.82, 2.24) is 4.98 Å². The molecular weight excluding hydrogens is 138 g/mol. The van der Waals surface area contributed by atoms with E-state index in [4.69, 9.17) is 5.11 Å². The van der Waals surface area contributed by atoms with E-state index in [1.807, 2.05) is 0 Å². The Bertz CT molecular complexity index is 264. The van der Waals surface area contributed by atoms with E-state index in [9.17, 15) is 9.59 Å². The number of rotatable bonds is 2. The van der Waals surface area contributed by atoms with Crippen molar-refractivity contribution in [3.63, 3.8) is 0 Å². The molecule has 0 saturated heterocycles. The van der Waals surface area contributed by atoms with Gasteiger partial charge in [-0.2, -0.15) is 4.98 Å². The molecule has 52 valence electrons. The molecule has 0 atom stereocenters. The van der Waals surface area contributed by atoms with Gasteiger partial charge in [0.25, 0.3) is 5.89 Å². The lowest BCUT2D eigenvalue weighted by atomic mass is 10.5. The van der Waals surface area contributed by atoms with Crippen LogP contribution in [0.25, 0.3) is 0 Å². The summed E-state index contributed by atoms with van der Waals surface area (Å²) in [5, 5.41) is 8.26. The third-order valence-corrected chi connectivity index (χ3v) is 0.842. The largest absolute Gasteiger partial charge is 0.476 e. The van der Waals surface area contributed by atoms with Gasteiger partial charge in [0.15, 0.2) is 5.69 Å². The summed E-state index contributed by atoms with van der Waals surface area (Å²) >= 11 is 0. The van der Waals surface area contributed by atoms with Gasteiger partial charge in [0, 0.05) is 0 Å². The molecule has 0 saturated carbocycles. The predicted molar refractivity (Wildman–Crippen MR) is 28.8 cm³/mol. The maximum atomic E-state index is 10.1. The van der Waals surface area contributed by atoms with Crippen molar-refractivity contribution in [3.05, 3.63) is 17.8 Å². The number of nitrogens with zero attached hydrogens (tertiary/aromatic N) is 1.